The van der Waals surface area contributed by atoms with E-state index in [-0.39, 0.29) is 5.92 Å². The molecular formula is C13H23OSi. The first-order valence-electron chi connectivity index (χ1n) is 5.62. The Morgan fingerprint density at radius 2 is 1.73 bits per heavy atom. The van der Waals surface area contributed by atoms with Gasteiger partial charge in [0.05, 0.1) is 13.7 Å². The van der Waals surface area contributed by atoms with E-state index in [4.69, 9.17) is 0 Å². The Morgan fingerprint density at radius 3 is 2.13 bits per heavy atom. The third-order valence-corrected chi connectivity index (χ3v) is 5.26. The van der Waals surface area contributed by atoms with Gasteiger partial charge in [-0.3, -0.25) is 0 Å². The highest BCUT2D eigenvalue weighted by Crippen LogP contribution is 2.46. The predicted molar refractivity (Wildman–Crippen MR) is 68.2 cm³/mol. The van der Waals surface area contributed by atoms with Gasteiger partial charge in [-0.1, -0.05) is 26.6 Å². The Labute approximate surface area is 96.3 Å². The lowest BCUT2D eigenvalue weighted by Gasteiger charge is -2.38. The van der Waals surface area contributed by atoms with E-state index < -0.39 is 13.7 Å². The van der Waals surface area contributed by atoms with Crippen molar-refractivity contribution < 1.29 is 5.11 Å². The van der Waals surface area contributed by atoms with Crippen LogP contribution in [0.15, 0.2) is 0 Å². The molecule has 0 aromatic heterocycles. The molecule has 0 aromatic rings. The third kappa shape index (κ3) is 3.07. The molecule has 1 rings (SSSR count). The van der Waals surface area contributed by atoms with Crippen LogP contribution in [0.1, 0.15) is 20.8 Å². The van der Waals surface area contributed by atoms with E-state index in [0.717, 1.165) is 0 Å². The first-order chi connectivity index (χ1) is 6.64. The summed E-state index contributed by atoms with van der Waals surface area (Å²) in [7, 11) is -1.28. The maximum atomic E-state index is 10.1. The number of hydrogen-bond acceptors (Lipinski definition) is 1. The summed E-state index contributed by atoms with van der Waals surface area (Å²) in [4.78, 5) is 0. The van der Waals surface area contributed by atoms with Crippen LogP contribution in [0.5, 0.6) is 0 Å². The number of aliphatic hydroxyl groups is 1. The largest absolute Gasteiger partial charge is 0.390 e. The van der Waals surface area contributed by atoms with Crippen molar-refractivity contribution in [1.82, 2.24) is 0 Å². The smallest absolute Gasteiger partial charge is 0.0622 e. The van der Waals surface area contributed by atoms with Crippen LogP contribution in [-0.4, -0.2) is 18.8 Å². The van der Waals surface area contributed by atoms with Gasteiger partial charge in [-0.05, 0) is 50.5 Å². The van der Waals surface area contributed by atoms with Gasteiger partial charge in [-0.25, -0.2) is 0 Å². The molecule has 5 radical (unpaired) electrons. The van der Waals surface area contributed by atoms with E-state index in [1.165, 1.54) is 11.5 Å². The van der Waals surface area contributed by atoms with Gasteiger partial charge in [-0.2, -0.15) is 0 Å². The average Bonchev–Trinajstić information content (AvgIpc) is 2.47. The minimum absolute atomic E-state index is 0.203. The van der Waals surface area contributed by atoms with Crippen LogP contribution in [-0.2, 0) is 0 Å². The molecule has 1 atom stereocenters. The zero-order valence-electron chi connectivity index (χ0n) is 10.8. The maximum absolute atomic E-state index is 10.1. The van der Waals surface area contributed by atoms with Crippen LogP contribution in [0, 0.1) is 36.6 Å². The first kappa shape index (κ1) is 13.2. The van der Waals surface area contributed by atoms with Gasteiger partial charge in [0.2, 0.25) is 0 Å². The molecule has 0 heterocycles. The van der Waals surface area contributed by atoms with Crippen molar-refractivity contribution in [3.05, 3.63) is 30.7 Å². The molecule has 2 heteroatoms. The monoisotopic (exact) mass is 223 g/mol. The maximum Gasteiger partial charge on any atom is 0.0622 e. The van der Waals surface area contributed by atoms with E-state index in [1.54, 1.807) is 0 Å². The summed E-state index contributed by atoms with van der Waals surface area (Å²) in [6.07, 6.45) is 6.51. The molecule has 0 spiro atoms. The highest BCUT2D eigenvalue weighted by Gasteiger charge is 2.44. The standard InChI is InChI=1S/C13H23OSi/c1-10(13(2,3)14)11-8-7-9-12(11)15(4,5)6/h7-10,14H,1-6H3/t10-/m1/s1. The quantitative estimate of drug-likeness (QED) is 0.729. The molecule has 0 aromatic carbocycles. The molecule has 1 aliphatic carbocycles. The minimum atomic E-state index is -1.28. The lowest BCUT2D eigenvalue weighted by atomic mass is 9.80. The van der Waals surface area contributed by atoms with Crippen LogP contribution in [0.3, 0.4) is 0 Å². The molecular weight excluding hydrogens is 200 g/mol. The van der Waals surface area contributed by atoms with E-state index in [0.29, 0.717) is 0 Å². The molecule has 15 heavy (non-hydrogen) atoms. The van der Waals surface area contributed by atoms with Crippen molar-refractivity contribution in [2.45, 2.75) is 46.0 Å². The summed E-state index contributed by atoms with van der Waals surface area (Å²) in [5, 5.41) is 10.1. The highest BCUT2D eigenvalue weighted by molar-refractivity contribution is 6.82. The van der Waals surface area contributed by atoms with Crippen LogP contribution in [0.4, 0.5) is 0 Å². The zero-order valence-corrected chi connectivity index (χ0v) is 11.8. The fourth-order valence-electron chi connectivity index (χ4n) is 1.88. The van der Waals surface area contributed by atoms with Gasteiger partial charge >= 0.3 is 0 Å². The topological polar surface area (TPSA) is 20.2 Å². The predicted octanol–water partition coefficient (Wildman–Crippen LogP) is 3.05. The Kier molecular flexibility index (Phi) is 3.72. The summed E-state index contributed by atoms with van der Waals surface area (Å²) < 4.78 is 0. The Bertz CT molecular complexity index is 212. The van der Waals surface area contributed by atoms with Crippen molar-refractivity contribution in [1.29, 1.82) is 0 Å². The lowest BCUT2D eigenvalue weighted by Crippen LogP contribution is -2.41. The Hall–Kier alpha value is 0.177. The van der Waals surface area contributed by atoms with Crippen molar-refractivity contribution >= 4 is 8.07 Å². The number of hydrogen-bond donors (Lipinski definition) is 1. The van der Waals surface area contributed by atoms with Crippen molar-refractivity contribution in [2.24, 2.45) is 5.92 Å². The third-order valence-electron chi connectivity index (χ3n) is 3.18. The van der Waals surface area contributed by atoms with Crippen LogP contribution in [0.25, 0.3) is 0 Å². The van der Waals surface area contributed by atoms with Gasteiger partial charge in [0.1, 0.15) is 0 Å². The fraction of sp³-hybridized carbons (Fsp3) is 0.615. The van der Waals surface area contributed by atoms with E-state index in [9.17, 15) is 5.11 Å². The second-order valence-corrected chi connectivity index (χ2v) is 11.1. The summed E-state index contributed by atoms with van der Waals surface area (Å²) in [5.41, 5.74) is 0.847. The van der Waals surface area contributed by atoms with Crippen LogP contribution < -0.4 is 0 Å². The Morgan fingerprint density at radius 1 is 1.20 bits per heavy atom. The first-order valence-corrected chi connectivity index (χ1v) is 9.12. The molecule has 1 saturated carbocycles. The minimum Gasteiger partial charge on any atom is -0.390 e. The highest BCUT2D eigenvalue weighted by atomic mass is 28.3. The van der Waals surface area contributed by atoms with Gasteiger partial charge in [0.15, 0.2) is 0 Å². The summed E-state index contributed by atoms with van der Waals surface area (Å²) >= 11 is 0. The molecule has 1 aliphatic rings. The van der Waals surface area contributed by atoms with E-state index >= 15 is 0 Å². The molecule has 0 bridgehead atoms. The van der Waals surface area contributed by atoms with Gasteiger partial charge in [0.25, 0.3) is 0 Å². The summed E-state index contributed by atoms with van der Waals surface area (Å²) in [6, 6.07) is 0. The van der Waals surface area contributed by atoms with E-state index in [2.05, 4.69) is 45.8 Å². The molecule has 1 N–H and O–H groups in total. The molecule has 1 nitrogen and oxygen atoms in total. The second-order valence-electron chi connectivity index (χ2n) is 6.02. The van der Waals surface area contributed by atoms with Crippen molar-refractivity contribution in [3.8, 4) is 0 Å². The van der Waals surface area contributed by atoms with Crippen LogP contribution >= 0.6 is 0 Å². The number of rotatable bonds is 3. The van der Waals surface area contributed by atoms with Gasteiger partial charge in [-0.15, -0.1) is 0 Å². The molecule has 0 unspecified atom stereocenters. The molecule has 1 fully saturated rings. The van der Waals surface area contributed by atoms with Gasteiger partial charge < -0.3 is 5.11 Å². The van der Waals surface area contributed by atoms with Crippen molar-refractivity contribution in [2.75, 3.05) is 0 Å². The molecule has 0 aliphatic heterocycles. The van der Waals surface area contributed by atoms with E-state index in [1.807, 2.05) is 13.8 Å². The summed E-state index contributed by atoms with van der Waals surface area (Å²) in [6.45, 7) is 12.9. The van der Waals surface area contributed by atoms with Crippen molar-refractivity contribution in [3.63, 3.8) is 0 Å². The summed E-state index contributed by atoms with van der Waals surface area (Å²) in [5.74, 6) is 1.54. The van der Waals surface area contributed by atoms with Gasteiger partial charge in [0, 0.05) is 0 Å². The normalized spacial score (nSPS) is 23.4. The second kappa shape index (κ2) is 4.21. The Balaban J connectivity index is 2.77. The average molecular weight is 223 g/mol. The SMILES string of the molecule is C[C@H]([C]1[CH][CH][CH][C]1[Si](C)(C)C)C(C)(C)O. The molecule has 0 saturated heterocycles. The zero-order chi connectivity index (χ0) is 11.9. The lowest BCUT2D eigenvalue weighted by molar-refractivity contribution is 0.0336. The fourth-order valence-corrected chi connectivity index (χ4v) is 3.64. The van der Waals surface area contributed by atoms with Crippen LogP contribution in [0.2, 0.25) is 19.6 Å². The molecule has 85 valence electrons. The molecule has 0 amide bonds.